The van der Waals surface area contributed by atoms with Gasteiger partial charge in [-0.25, -0.2) is 0 Å². The highest BCUT2D eigenvalue weighted by Gasteiger charge is 2.26. The molecule has 2 heterocycles. The molecular weight excluding hydrogens is 410 g/mol. The second kappa shape index (κ2) is 9.32. The summed E-state index contributed by atoms with van der Waals surface area (Å²) < 4.78 is 16.4. The molecule has 8 nitrogen and oxygen atoms in total. The highest BCUT2D eigenvalue weighted by Crippen LogP contribution is 2.40. The number of piperazine rings is 1. The first-order valence-corrected chi connectivity index (χ1v) is 10.5. The summed E-state index contributed by atoms with van der Waals surface area (Å²) in [5.41, 5.74) is 1.65. The summed E-state index contributed by atoms with van der Waals surface area (Å²) in [4.78, 5) is 32.9. The summed E-state index contributed by atoms with van der Waals surface area (Å²) in [6, 6.07) is 11.0. The van der Waals surface area contributed by atoms with E-state index in [9.17, 15) is 9.59 Å². The molecule has 4 rings (SSSR count). The van der Waals surface area contributed by atoms with Crippen LogP contribution >= 0.6 is 0 Å². The monoisotopic (exact) mass is 437 g/mol. The van der Waals surface area contributed by atoms with Crippen LogP contribution in [0.25, 0.3) is 10.9 Å². The number of hydrogen-bond donors (Lipinski definition) is 1. The number of carbonyl (C=O) groups excluding carboxylic acids is 1. The van der Waals surface area contributed by atoms with E-state index in [1.807, 2.05) is 24.3 Å². The fourth-order valence-electron chi connectivity index (χ4n) is 4.13. The number of ether oxygens (including phenoxy) is 3. The molecule has 1 aliphatic rings. The molecule has 1 amide bonds. The number of methoxy groups -OCH3 is 3. The summed E-state index contributed by atoms with van der Waals surface area (Å²) >= 11 is 0. The van der Waals surface area contributed by atoms with Crippen molar-refractivity contribution in [3.05, 3.63) is 63.9 Å². The van der Waals surface area contributed by atoms with Crippen molar-refractivity contribution in [2.75, 3.05) is 47.5 Å². The molecule has 2 aromatic carbocycles. The summed E-state index contributed by atoms with van der Waals surface area (Å²) in [7, 11) is 4.79. The van der Waals surface area contributed by atoms with Gasteiger partial charge < -0.3 is 24.1 Å². The van der Waals surface area contributed by atoms with E-state index in [0.717, 1.165) is 11.1 Å². The van der Waals surface area contributed by atoms with E-state index < -0.39 is 0 Å². The highest BCUT2D eigenvalue weighted by molar-refractivity contribution is 5.97. The zero-order valence-corrected chi connectivity index (χ0v) is 18.5. The Morgan fingerprint density at radius 2 is 1.66 bits per heavy atom. The third-order valence-electron chi connectivity index (χ3n) is 5.86. The summed E-state index contributed by atoms with van der Waals surface area (Å²) in [5.74, 6) is 1.59. The second-order valence-electron chi connectivity index (χ2n) is 7.64. The Kier molecular flexibility index (Phi) is 6.32. The number of rotatable bonds is 6. The lowest BCUT2D eigenvalue weighted by Crippen LogP contribution is -2.49. The minimum absolute atomic E-state index is 0.179. The van der Waals surface area contributed by atoms with Crippen molar-refractivity contribution in [1.82, 2.24) is 14.8 Å². The highest BCUT2D eigenvalue weighted by atomic mass is 16.5. The van der Waals surface area contributed by atoms with Gasteiger partial charge in [-0.05, 0) is 18.2 Å². The van der Waals surface area contributed by atoms with Gasteiger partial charge >= 0.3 is 0 Å². The van der Waals surface area contributed by atoms with Crippen LogP contribution in [0.3, 0.4) is 0 Å². The summed E-state index contributed by atoms with van der Waals surface area (Å²) in [5, 5.41) is 0.525. The van der Waals surface area contributed by atoms with Crippen molar-refractivity contribution in [3.8, 4) is 17.2 Å². The normalized spacial score (nSPS) is 14.4. The molecular formula is C24H27N3O5. The molecule has 1 fully saturated rings. The van der Waals surface area contributed by atoms with E-state index >= 15 is 0 Å². The maximum absolute atomic E-state index is 13.0. The average Bonchev–Trinajstić information content (AvgIpc) is 2.84. The first kappa shape index (κ1) is 21.7. The molecule has 0 unspecified atom stereocenters. The van der Waals surface area contributed by atoms with Crippen LogP contribution in [0.15, 0.2) is 47.4 Å². The summed E-state index contributed by atoms with van der Waals surface area (Å²) in [6.45, 7) is 3.12. The molecule has 3 aromatic rings. The van der Waals surface area contributed by atoms with Gasteiger partial charge in [-0.2, -0.15) is 0 Å². The second-order valence-corrected chi connectivity index (χ2v) is 7.64. The van der Waals surface area contributed by atoms with E-state index in [1.54, 1.807) is 38.4 Å². The number of amides is 1. The molecule has 1 aliphatic heterocycles. The number of nitrogens with one attached hydrogen (secondary N) is 1. The first-order chi connectivity index (χ1) is 15.6. The predicted molar refractivity (Wildman–Crippen MR) is 122 cm³/mol. The fraction of sp³-hybridized carbons (Fsp3) is 0.333. The number of benzene rings is 2. The van der Waals surface area contributed by atoms with Crippen molar-refractivity contribution in [1.29, 1.82) is 0 Å². The lowest BCUT2D eigenvalue weighted by molar-refractivity contribution is 0.0626. The van der Waals surface area contributed by atoms with E-state index in [1.165, 1.54) is 6.20 Å². The number of pyridine rings is 1. The van der Waals surface area contributed by atoms with Crippen molar-refractivity contribution in [2.24, 2.45) is 0 Å². The third kappa shape index (κ3) is 4.01. The SMILES string of the molecule is COc1ccc(CN2CCN(C(=O)c3c[nH]c4ccccc4c3=O)CC2)c(OC)c1OC. The Morgan fingerprint density at radius 3 is 2.34 bits per heavy atom. The largest absolute Gasteiger partial charge is 0.493 e. The summed E-state index contributed by atoms with van der Waals surface area (Å²) in [6.07, 6.45) is 1.52. The van der Waals surface area contributed by atoms with Gasteiger partial charge in [0.05, 0.1) is 21.3 Å². The molecule has 0 aliphatic carbocycles. The van der Waals surface area contributed by atoms with Crippen LogP contribution in [0.4, 0.5) is 0 Å². The van der Waals surface area contributed by atoms with Crippen LogP contribution < -0.4 is 19.6 Å². The van der Waals surface area contributed by atoms with Gasteiger partial charge in [0.1, 0.15) is 5.56 Å². The maximum Gasteiger partial charge on any atom is 0.259 e. The molecule has 8 heteroatoms. The number of hydrogen-bond acceptors (Lipinski definition) is 6. The molecule has 1 aromatic heterocycles. The number of para-hydroxylation sites is 1. The third-order valence-corrected chi connectivity index (χ3v) is 5.86. The van der Waals surface area contributed by atoms with Crippen molar-refractivity contribution >= 4 is 16.8 Å². The molecule has 1 saturated heterocycles. The number of carbonyl (C=O) groups is 1. The Bertz CT molecular complexity index is 1180. The lowest BCUT2D eigenvalue weighted by Gasteiger charge is -2.35. The quantitative estimate of drug-likeness (QED) is 0.638. The first-order valence-electron chi connectivity index (χ1n) is 10.5. The number of aromatic amines is 1. The Labute approximate surface area is 186 Å². The molecule has 168 valence electrons. The molecule has 0 spiro atoms. The smallest absolute Gasteiger partial charge is 0.259 e. The number of aromatic nitrogens is 1. The lowest BCUT2D eigenvalue weighted by atomic mass is 10.1. The van der Waals surface area contributed by atoms with E-state index in [0.29, 0.717) is 55.4 Å². The maximum atomic E-state index is 13.0. The van der Waals surface area contributed by atoms with E-state index in [-0.39, 0.29) is 16.9 Å². The molecule has 32 heavy (non-hydrogen) atoms. The van der Waals surface area contributed by atoms with Crippen molar-refractivity contribution in [3.63, 3.8) is 0 Å². The van der Waals surface area contributed by atoms with Gasteiger partial charge in [-0.3, -0.25) is 14.5 Å². The van der Waals surface area contributed by atoms with Gasteiger partial charge in [-0.1, -0.05) is 18.2 Å². The van der Waals surface area contributed by atoms with Gasteiger partial charge in [0.25, 0.3) is 5.91 Å². The van der Waals surface area contributed by atoms with Crippen LogP contribution in [0, 0.1) is 0 Å². The zero-order chi connectivity index (χ0) is 22.7. The fourth-order valence-corrected chi connectivity index (χ4v) is 4.13. The Morgan fingerprint density at radius 1 is 0.938 bits per heavy atom. The number of nitrogens with zero attached hydrogens (tertiary/aromatic N) is 2. The van der Waals surface area contributed by atoms with Crippen molar-refractivity contribution in [2.45, 2.75) is 6.54 Å². The topological polar surface area (TPSA) is 84.1 Å². The molecule has 0 bridgehead atoms. The van der Waals surface area contributed by atoms with Crippen LogP contribution in [-0.2, 0) is 6.54 Å². The molecule has 0 radical (unpaired) electrons. The zero-order valence-electron chi connectivity index (χ0n) is 18.5. The van der Waals surface area contributed by atoms with Gasteiger partial charge in [0.15, 0.2) is 11.5 Å². The van der Waals surface area contributed by atoms with Crippen LogP contribution in [0.1, 0.15) is 15.9 Å². The Hall–Kier alpha value is -3.52. The van der Waals surface area contributed by atoms with Crippen LogP contribution in [0.2, 0.25) is 0 Å². The molecule has 0 saturated carbocycles. The number of H-pyrrole nitrogens is 1. The minimum atomic E-state index is -0.236. The van der Waals surface area contributed by atoms with Gasteiger partial charge in [0.2, 0.25) is 11.2 Å². The molecule has 1 N–H and O–H groups in total. The average molecular weight is 437 g/mol. The van der Waals surface area contributed by atoms with E-state index in [4.69, 9.17) is 14.2 Å². The van der Waals surface area contributed by atoms with Gasteiger partial charge in [0, 0.05) is 55.4 Å². The van der Waals surface area contributed by atoms with Crippen LogP contribution in [-0.4, -0.2) is 68.2 Å². The van der Waals surface area contributed by atoms with Crippen molar-refractivity contribution < 1.29 is 19.0 Å². The van der Waals surface area contributed by atoms with E-state index in [2.05, 4.69) is 9.88 Å². The van der Waals surface area contributed by atoms with Gasteiger partial charge in [-0.15, -0.1) is 0 Å². The minimum Gasteiger partial charge on any atom is -0.493 e. The Balaban J connectivity index is 1.46. The number of fused-ring (bicyclic) bond motifs is 1. The molecule has 0 atom stereocenters. The van der Waals surface area contributed by atoms with Crippen LogP contribution in [0.5, 0.6) is 17.2 Å². The standard InChI is InChI=1S/C24H27N3O5/c1-30-20-9-8-16(22(31-2)23(20)32-3)15-26-10-12-27(13-11-26)24(29)18-14-25-19-7-5-4-6-17(19)21(18)28/h4-9,14H,10-13,15H2,1-3H3,(H,25,28). The predicted octanol–water partition coefficient (Wildman–Crippen LogP) is 2.51.